The Balaban J connectivity index is 1.41. The molecule has 0 unspecified atom stereocenters. The summed E-state index contributed by atoms with van der Waals surface area (Å²) in [5, 5.41) is 0. The van der Waals surface area contributed by atoms with Gasteiger partial charge < -0.3 is 4.74 Å². The lowest BCUT2D eigenvalue weighted by Crippen LogP contribution is -2.48. The number of amides is 2. The van der Waals surface area contributed by atoms with Crippen LogP contribution in [0.2, 0.25) is 0 Å². The van der Waals surface area contributed by atoms with Crippen molar-refractivity contribution >= 4 is 17.8 Å². The fourth-order valence-electron chi connectivity index (χ4n) is 4.23. The molecule has 1 heterocycles. The molecule has 3 fully saturated rings. The van der Waals surface area contributed by atoms with Crippen molar-refractivity contribution in [2.75, 3.05) is 0 Å². The van der Waals surface area contributed by atoms with Crippen LogP contribution in [-0.4, -0.2) is 23.9 Å². The molecule has 4 rings (SSSR count). The summed E-state index contributed by atoms with van der Waals surface area (Å²) < 4.78 is 5.31. The fourth-order valence-corrected chi connectivity index (χ4v) is 4.23. The van der Waals surface area contributed by atoms with Gasteiger partial charge in [0.25, 0.3) is 5.91 Å². The van der Waals surface area contributed by atoms with Crippen molar-refractivity contribution < 1.29 is 19.1 Å². The van der Waals surface area contributed by atoms with Crippen LogP contribution in [0, 0.1) is 23.7 Å². The van der Waals surface area contributed by atoms with E-state index in [-0.39, 0.29) is 47.6 Å². The third-order valence-corrected chi connectivity index (χ3v) is 5.12. The molecule has 0 aromatic heterocycles. The van der Waals surface area contributed by atoms with Crippen LogP contribution in [0.15, 0.2) is 30.3 Å². The number of hydrogen-bond acceptors (Lipinski definition) is 4. The molecular weight excluding hydrogens is 284 g/mol. The second-order valence-corrected chi connectivity index (χ2v) is 6.23. The minimum absolute atomic E-state index is 0.00506. The molecule has 6 heteroatoms. The van der Waals surface area contributed by atoms with E-state index in [1.165, 1.54) is 0 Å². The van der Waals surface area contributed by atoms with Gasteiger partial charge >= 0.3 is 5.97 Å². The number of benzene rings is 1. The number of esters is 1. The zero-order valence-electron chi connectivity index (χ0n) is 11.8. The predicted octanol–water partition coefficient (Wildman–Crippen LogP) is 0.645. The summed E-state index contributed by atoms with van der Waals surface area (Å²) in [6.45, 7) is 0. The number of carbonyl (C=O) groups excluding carboxylic acids is 3. The SMILES string of the molecule is O=C(NNC(=O)[C@@H]1[C@@H]2C[C@@H]3[C@@H]1C(=O)O[C@@H]3C2)c1ccccc1. The number of hydrogen-bond donors (Lipinski definition) is 2. The average Bonchev–Trinajstić information content (AvgIpc) is 3.15. The highest BCUT2D eigenvalue weighted by Crippen LogP contribution is 2.57. The molecule has 0 radical (unpaired) electrons. The first kappa shape index (κ1) is 13.3. The van der Waals surface area contributed by atoms with Crippen molar-refractivity contribution in [1.82, 2.24) is 10.9 Å². The maximum absolute atomic E-state index is 12.4. The van der Waals surface area contributed by atoms with Crippen LogP contribution in [0.5, 0.6) is 0 Å². The molecule has 2 bridgehead atoms. The molecule has 22 heavy (non-hydrogen) atoms. The van der Waals surface area contributed by atoms with Gasteiger partial charge in [-0.05, 0) is 30.9 Å². The van der Waals surface area contributed by atoms with Crippen LogP contribution in [0.1, 0.15) is 23.2 Å². The predicted molar refractivity (Wildman–Crippen MR) is 75.1 cm³/mol. The molecule has 2 N–H and O–H groups in total. The van der Waals surface area contributed by atoms with Crippen LogP contribution < -0.4 is 10.9 Å². The summed E-state index contributed by atoms with van der Waals surface area (Å²) in [6.07, 6.45) is 1.63. The van der Waals surface area contributed by atoms with E-state index in [4.69, 9.17) is 4.74 Å². The van der Waals surface area contributed by atoms with Crippen molar-refractivity contribution in [3.63, 3.8) is 0 Å². The largest absolute Gasteiger partial charge is 0.462 e. The number of hydrazine groups is 1. The fraction of sp³-hybridized carbons (Fsp3) is 0.438. The zero-order valence-corrected chi connectivity index (χ0v) is 11.8. The molecule has 1 aromatic rings. The standard InChI is InChI=1S/C16H16N2O4/c19-14(8-4-2-1-3-5-8)17-18-15(20)12-9-6-10-11(7-9)22-16(21)13(10)12/h1-5,9-13H,6-7H2,(H,17,19)(H,18,20)/t9-,10+,11-,12-,13+/m1/s1. The summed E-state index contributed by atoms with van der Waals surface area (Å²) in [4.78, 5) is 36.2. The van der Waals surface area contributed by atoms with E-state index in [2.05, 4.69) is 10.9 Å². The van der Waals surface area contributed by atoms with Crippen LogP contribution in [0.3, 0.4) is 0 Å². The van der Waals surface area contributed by atoms with Crippen LogP contribution in [-0.2, 0) is 14.3 Å². The van der Waals surface area contributed by atoms with Crippen molar-refractivity contribution in [2.45, 2.75) is 18.9 Å². The number of ether oxygens (including phenoxy) is 1. The quantitative estimate of drug-likeness (QED) is 0.620. The minimum atomic E-state index is -0.382. The van der Waals surface area contributed by atoms with E-state index in [0.29, 0.717) is 5.56 Å². The number of nitrogens with one attached hydrogen (secondary N) is 2. The van der Waals surface area contributed by atoms with Gasteiger partial charge in [-0.2, -0.15) is 0 Å². The smallest absolute Gasteiger partial charge is 0.310 e. The molecule has 3 aliphatic rings. The molecule has 114 valence electrons. The molecule has 1 aromatic carbocycles. The number of carbonyl (C=O) groups is 3. The topological polar surface area (TPSA) is 84.5 Å². The van der Waals surface area contributed by atoms with Crippen molar-refractivity contribution in [3.05, 3.63) is 35.9 Å². The highest BCUT2D eigenvalue weighted by Gasteiger charge is 2.63. The van der Waals surface area contributed by atoms with E-state index in [1.807, 2.05) is 6.07 Å². The first-order chi connectivity index (χ1) is 10.6. The molecule has 1 saturated heterocycles. The summed E-state index contributed by atoms with van der Waals surface area (Å²) in [6, 6.07) is 8.64. The normalized spacial score (nSPS) is 34.4. The Bertz CT molecular complexity index is 643. The molecule has 2 amide bonds. The lowest BCUT2D eigenvalue weighted by Gasteiger charge is -2.23. The summed E-state index contributed by atoms with van der Waals surface area (Å²) in [5.41, 5.74) is 5.35. The van der Waals surface area contributed by atoms with E-state index in [0.717, 1.165) is 12.8 Å². The van der Waals surface area contributed by atoms with Crippen molar-refractivity contribution in [3.8, 4) is 0 Å². The molecule has 2 aliphatic carbocycles. The zero-order chi connectivity index (χ0) is 15.3. The van der Waals surface area contributed by atoms with Gasteiger partial charge in [-0.15, -0.1) is 0 Å². The minimum Gasteiger partial charge on any atom is -0.462 e. The summed E-state index contributed by atoms with van der Waals surface area (Å²) in [5.74, 6) is -1.28. The monoisotopic (exact) mass is 300 g/mol. The Kier molecular flexibility index (Phi) is 2.92. The second kappa shape index (κ2) is 4.83. The maximum atomic E-state index is 12.4. The van der Waals surface area contributed by atoms with Crippen LogP contribution in [0.4, 0.5) is 0 Å². The van der Waals surface area contributed by atoms with Crippen LogP contribution >= 0.6 is 0 Å². The molecule has 1 aliphatic heterocycles. The second-order valence-electron chi connectivity index (χ2n) is 6.23. The van der Waals surface area contributed by atoms with E-state index >= 15 is 0 Å². The molecule has 5 atom stereocenters. The lowest BCUT2D eigenvalue weighted by molar-refractivity contribution is -0.146. The van der Waals surface area contributed by atoms with Gasteiger partial charge in [0.15, 0.2) is 0 Å². The Hall–Kier alpha value is -2.37. The lowest BCUT2D eigenvalue weighted by atomic mass is 9.79. The maximum Gasteiger partial charge on any atom is 0.310 e. The third kappa shape index (κ3) is 1.90. The van der Waals surface area contributed by atoms with Gasteiger partial charge in [-0.3, -0.25) is 25.2 Å². The molecule has 2 saturated carbocycles. The molecular formula is C16H16N2O4. The molecule has 0 spiro atoms. The van der Waals surface area contributed by atoms with Gasteiger partial charge in [0.2, 0.25) is 5.91 Å². The van der Waals surface area contributed by atoms with E-state index in [1.54, 1.807) is 24.3 Å². The van der Waals surface area contributed by atoms with Gasteiger partial charge in [0.05, 0.1) is 11.8 Å². The molecule has 6 nitrogen and oxygen atoms in total. The van der Waals surface area contributed by atoms with Crippen molar-refractivity contribution in [2.24, 2.45) is 23.7 Å². The van der Waals surface area contributed by atoms with Crippen molar-refractivity contribution in [1.29, 1.82) is 0 Å². The Morgan fingerprint density at radius 1 is 1.09 bits per heavy atom. The third-order valence-electron chi connectivity index (χ3n) is 5.12. The number of fused-ring (bicyclic) bond motifs is 1. The number of rotatable bonds is 2. The first-order valence-corrected chi connectivity index (χ1v) is 7.51. The van der Waals surface area contributed by atoms with Gasteiger partial charge in [0.1, 0.15) is 6.10 Å². The van der Waals surface area contributed by atoms with Gasteiger partial charge in [-0.1, -0.05) is 18.2 Å². The van der Waals surface area contributed by atoms with Gasteiger partial charge in [-0.25, -0.2) is 0 Å². The highest BCUT2D eigenvalue weighted by molar-refractivity contribution is 5.96. The highest BCUT2D eigenvalue weighted by atomic mass is 16.6. The first-order valence-electron chi connectivity index (χ1n) is 7.51. The van der Waals surface area contributed by atoms with Crippen LogP contribution in [0.25, 0.3) is 0 Å². The Labute approximate surface area is 127 Å². The summed E-state index contributed by atoms with van der Waals surface area (Å²) in [7, 11) is 0. The van der Waals surface area contributed by atoms with E-state index in [9.17, 15) is 14.4 Å². The van der Waals surface area contributed by atoms with E-state index < -0.39 is 0 Å². The summed E-state index contributed by atoms with van der Waals surface area (Å²) >= 11 is 0. The Morgan fingerprint density at radius 3 is 2.64 bits per heavy atom. The average molecular weight is 300 g/mol. The Morgan fingerprint density at radius 2 is 1.86 bits per heavy atom. The van der Waals surface area contributed by atoms with Gasteiger partial charge in [0, 0.05) is 11.5 Å².